The number of ether oxygens (including phenoxy) is 2. The van der Waals surface area contributed by atoms with Gasteiger partial charge in [0.05, 0.1) is 16.8 Å². The Hall–Kier alpha value is -3.12. The third-order valence-electron chi connectivity index (χ3n) is 5.72. The van der Waals surface area contributed by atoms with E-state index >= 15 is 0 Å². The maximum atomic E-state index is 13.4. The molecule has 0 aliphatic carbocycles. The van der Waals surface area contributed by atoms with E-state index < -0.39 is 0 Å². The van der Waals surface area contributed by atoms with Crippen LogP contribution in [0, 0.1) is 0 Å². The summed E-state index contributed by atoms with van der Waals surface area (Å²) < 4.78 is 10.9. The van der Waals surface area contributed by atoms with Crippen molar-refractivity contribution in [1.82, 2.24) is 14.8 Å². The van der Waals surface area contributed by atoms with Crippen LogP contribution in [0.5, 0.6) is 11.5 Å². The van der Waals surface area contributed by atoms with E-state index in [0.717, 1.165) is 60.6 Å². The molecule has 1 amide bonds. The van der Waals surface area contributed by atoms with Gasteiger partial charge >= 0.3 is 0 Å². The van der Waals surface area contributed by atoms with E-state index in [1.165, 1.54) is 0 Å². The zero-order valence-corrected chi connectivity index (χ0v) is 16.4. The molecule has 0 spiro atoms. The molecular formula is C23H23N3O3. The molecule has 6 heteroatoms. The molecule has 3 aromatic rings. The summed E-state index contributed by atoms with van der Waals surface area (Å²) in [5.41, 5.74) is 3.19. The molecule has 1 fully saturated rings. The molecule has 2 aliphatic rings. The van der Waals surface area contributed by atoms with Gasteiger partial charge in [-0.3, -0.25) is 4.79 Å². The first-order valence-electron chi connectivity index (χ1n) is 10.0. The second-order valence-electron chi connectivity index (χ2n) is 7.37. The maximum absolute atomic E-state index is 13.4. The normalized spacial score (nSPS) is 16.4. The number of amides is 1. The highest BCUT2D eigenvalue weighted by Gasteiger charge is 2.24. The smallest absolute Gasteiger partial charge is 0.254 e. The van der Waals surface area contributed by atoms with Crippen molar-refractivity contribution in [3.8, 4) is 22.8 Å². The summed E-state index contributed by atoms with van der Waals surface area (Å²) in [7, 11) is 0. The first kappa shape index (κ1) is 17.9. The Balaban J connectivity index is 1.55. The summed E-state index contributed by atoms with van der Waals surface area (Å²) in [6, 6.07) is 15.5. The molecule has 0 radical (unpaired) electrons. The van der Waals surface area contributed by atoms with E-state index in [1.54, 1.807) is 0 Å². The molecule has 0 bridgehead atoms. The van der Waals surface area contributed by atoms with Gasteiger partial charge in [-0.1, -0.05) is 25.1 Å². The Morgan fingerprint density at radius 2 is 1.79 bits per heavy atom. The molecule has 1 aromatic heterocycles. The zero-order valence-electron chi connectivity index (χ0n) is 16.4. The quantitative estimate of drug-likeness (QED) is 0.687. The molecule has 2 aliphatic heterocycles. The van der Waals surface area contributed by atoms with Gasteiger partial charge < -0.3 is 19.3 Å². The van der Waals surface area contributed by atoms with Crippen LogP contribution in [-0.4, -0.2) is 60.2 Å². The molecule has 0 N–H and O–H groups in total. The number of hydrogen-bond acceptors (Lipinski definition) is 5. The molecule has 3 heterocycles. The number of likely N-dealkylation sites (N-methyl/N-ethyl adjacent to an activating group) is 1. The molecule has 1 saturated heterocycles. The number of carbonyl (C=O) groups excluding carboxylic acids is 1. The predicted octanol–water partition coefficient (Wildman–Crippen LogP) is 3.41. The van der Waals surface area contributed by atoms with Crippen molar-refractivity contribution in [2.45, 2.75) is 6.92 Å². The minimum absolute atomic E-state index is 0.0707. The van der Waals surface area contributed by atoms with E-state index in [-0.39, 0.29) is 12.7 Å². The molecule has 0 unspecified atom stereocenters. The second kappa shape index (κ2) is 7.37. The first-order chi connectivity index (χ1) is 14.2. The standard InChI is InChI=1S/C23H23N3O3/c1-2-25-9-11-26(12-10-25)23(27)18-14-20(24-19-6-4-3-5-17(18)19)16-7-8-21-22(13-16)29-15-28-21/h3-8,13-14H,2,9-12,15H2,1H3. The fourth-order valence-electron chi connectivity index (χ4n) is 3.99. The maximum Gasteiger partial charge on any atom is 0.254 e. The monoisotopic (exact) mass is 389 g/mol. The number of benzene rings is 2. The third-order valence-corrected chi connectivity index (χ3v) is 5.72. The van der Waals surface area contributed by atoms with Gasteiger partial charge in [0, 0.05) is 37.1 Å². The number of aromatic nitrogens is 1. The largest absolute Gasteiger partial charge is 0.454 e. The zero-order chi connectivity index (χ0) is 19.8. The van der Waals surface area contributed by atoms with Crippen LogP contribution in [0.25, 0.3) is 22.2 Å². The molecule has 148 valence electrons. The van der Waals surface area contributed by atoms with Crippen molar-refractivity contribution in [1.29, 1.82) is 0 Å². The number of hydrogen-bond donors (Lipinski definition) is 0. The van der Waals surface area contributed by atoms with Crippen molar-refractivity contribution >= 4 is 16.8 Å². The lowest BCUT2D eigenvalue weighted by Crippen LogP contribution is -2.48. The number of pyridine rings is 1. The number of rotatable bonds is 3. The van der Waals surface area contributed by atoms with E-state index in [4.69, 9.17) is 14.5 Å². The number of carbonyl (C=O) groups is 1. The third kappa shape index (κ3) is 3.29. The molecular weight excluding hydrogens is 366 g/mol. The minimum atomic E-state index is 0.0707. The van der Waals surface area contributed by atoms with Crippen molar-refractivity contribution in [2.75, 3.05) is 39.5 Å². The lowest BCUT2D eigenvalue weighted by atomic mass is 10.0. The van der Waals surface area contributed by atoms with Gasteiger partial charge in [0.25, 0.3) is 5.91 Å². The topological polar surface area (TPSA) is 54.9 Å². The van der Waals surface area contributed by atoms with Gasteiger partial charge in [-0.15, -0.1) is 0 Å². The lowest BCUT2D eigenvalue weighted by molar-refractivity contribution is 0.0645. The second-order valence-corrected chi connectivity index (χ2v) is 7.37. The van der Waals surface area contributed by atoms with Gasteiger partial charge in [-0.05, 0) is 36.9 Å². The van der Waals surface area contributed by atoms with Gasteiger partial charge in [0.15, 0.2) is 11.5 Å². The summed E-state index contributed by atoms with van der Waals surface area (Å²) in [5, 5.41) is 0.889. The molecule has 29 heavy (non-hydrogen) atoms. The summed E-state index contributed by atoms with van der Waals surface area (Å²) >= 11 is 0. The van der Waals surface area contributed by atoms with Crippen molar-refractivity contribution in [3.63, 3.8) is 0 Å². The molecule has 6 nitrogen and oxygen atoms in total. The molecule has 0 atom stereocenters. The van der Waals surface area contributed by atoms with Crippen LogP contribution in [0.4, 0.5) is 0 Å². The number of para-hydroxylation sites is 1. The Morgan fingerprint density at radius 1 is 1.00 bits per heavy atom. The Morgan fingerprint density at radius 3 is 2.62 bits per heavy atom. The van der Waals surface area contributed by atoms with E-state index in [0.29, 0.717) is 11.3 Å². The summed E-state index contributed by atoms with van der Waals surface area (Å²) in [6.45, 7) is 6.75. The van der Waals surface area contributed by atoms with Crippen LogP contribution in [0.3, 0.4) is 0 Å². The van der Waals surface area contributed by atoms with Crippen LogP contribution in [0.15, 0.2) is 48.5 Å². The summed E-state index contributed by atoms with van der Waals surface area (Å²) in [5.74, 6) is 1.52. The molecule has 2 aromatic carbocycles. The fourth-order valence-corrected chi connectivity index (χ4v) is 3.99. The highest BCUT2D eigenvalue weighted by molar-refractivity contribution is 6.07. The Kier molecular flexibility index (Phi) is 4.56. The molecule has 5 rings (SSSR count). The van der Waals surface area contributed by atoms with Crippen molar-refractivity contribution < 1.29 is 14.3 Å². The minimum Gasteiger partial charge on any atom is -0.454 e. The van der Waals surface area contributed by atoms with Crippen LogP contribution >= 0.6 is 0 Å². The molecule has 0 saturated carbocycles. The number of nitrogens with zero attached hydrogens (tertiary/aromatic N) is 3. The van der Waals surface area contributed by atoms with Crippen LogP contribution in [0.2, 0.25) is 0 Å². The van der Waals surface area contributed by atoms with Crippen LogP contribution in [0.1, 0.15) is 17.3 Å². The Bertz CT molecular complexity index is 1070. The summed E-state index contributed by atoms with van der Waals surface area (Å²) in [6.07, 6.45) is 0. The predicted molar refractivity (Wildman–Crippen MR) is 111 cm³/mol. The van der Waals surface area contributed by atoms with E-state index in [1.807, 2.05) is 53.4 Å². The van der Waals surface area contributed by atoms with Gasteiger partial charge in [-0.25, -0.2) is 4.98 Å². The number of fused-ring (bicyclic) bond motifs is 2. The van der Waals surface area contributed by atoms with Crippen molar-refractivity contribution in [2.24, 2.45) is 0 Å². The average Bonchev–Trinajstić information content (AvgIpc) is 3.26. The highest BCUT2D eigenvalue weighted by atomic mass is 16.7. The van der Waals surface area contributed by atoms with Gasteiger partial charge in [0.2, 0.25) is 6.79 Å². The van der Waals surface area contributed by atoms with E-state index in [9.17, 15) is 4.79 Å². The summed E-state index contributed by atoms with van der Waals surface area (Å²) in [4.78, 5) is 22.5. The number of piperazine rings is 1. The fraction of sp³-hybridized carbons (Fsp3) is 0.304. The first-order valence-corrected chi connectivity index (χ1v) is 10.0. The van der Waals surface area contributed by atoms with Crippen LogP contribution in [-0.2, 0) is 0 Å². The lowest BCUT2D eigenvalue weighted by Gasteiger charge is -2.34. The van der Waals surface area contributed by atoms with Crippen LogP contribution < -0.4 is 9.47 Å². The van der Waals surface area contributed by atoms with E-state index in [2.05, 4.69) is 11.8 Å². The highest BCUT2D eigenvalue weighted by Crippen LogP contribution is 2.36. The van der Waals surface area contributed by atoms with Gasteiger partial charge in [0.1, 0.15) is 0 Å². The SMILES string of the molecule is CCN1CCN(C(=O)c2cc(-c3ccc4c(c3)OCO4)nc3ccccc23)CC1. The Labute approximate surface area is 169 Å². The average molecular weight is 389 g/mol. The van der Waals surface area contributed by atoms with Crippen molar-refractivity contribution in [3.05, 3.63) is 54.1 Å². The van der Waals surface area contributed by atoms with Gasteiger partial charge in [-0.2, -0.15) is 0 Å².